The lowest BCUT2D eigenvalue weighted by atomic mass is 9.83. The molecule has 0 saturated heterocycles. The van der Waals surface area contributed by atoms with Gasteiger partial charge in [0.25, 0.3) is 5.56 Å². The molecule has 19 heavy (non-hydrogen) atoms. The number of aromatic amines is 1. The summed E-state index contributed by atoms with van der Waals surface area (Å²) < 4.78 is 0. The number of fused-ring (bicyclic) bond motifs is 2. The van der Waals surface area contributed by atoms with Gasteiger partial charge in [-0.25, -0.2) is 0 Å². The Morgan fingerprint density at radius 2 is 1.68 bits per heavy atom. The molecular formula is C14H9NO4. The van der Waals surface area contributed by atoms with E-state index in [1.165, 1.54) is 31.3 Å². The van der Waals surface area contributed by atoms with Crippen LogP contribution in [-0.2, 0) is 0 Å². The van der Waals surface area contributed by atoms with Gasteiger partial charge in [0.1, 0.15) is 5.75 Å². The SMILES string of the molecule is Cc1c2c(c[nH]c1=O)C(=O)c1c(O)cccc1C2=O. The Morgan fingerprint density at radius 3 is 2.42 bits per heavy atom. The number of carbonyl (C=O) groups excluding carboxylic acids is 2. The number of ketones is 2. The molecule has 2 aromatic rings. The van der Waals surface area contributed by atoms with Gasteiger partial charge in [0.05, 0.1) is 11.1 Å². The molecule has 1 heterocycles. The second kappa shape index (κ2) is 3.65. The number of benzene rings is 1. The molecule has 94 valence electrons. The zero-order valence-corrected chi connectivity index (χ0v) is 9.98. The summed E-state index contributed by atoms with van der Waals surface area (Å²) in [6.07, 6.45) is 1.22. The fourth-order valence-electron chi connectivity index (χ4n) is 2.34. The highest BCUT2D eigenvalue weighted by Gasteiger charge is 2.33. The highest BCUT2D eigenvalue weighted by atomic mass is 16.3. The number of aromatic nitrogens is 1. The quantitative estimate of drug-likeness (QED) is 0.631. The third kappa shape index (κ3) is 1.38. The van der Waals surface area contributed by atoms with Crippen LogP contribution in [0.3, 0.4) is 0 Å². The summed E-state index contributed by atoms with van der Waals surface area (Å²) in [7, 11) is 0. The summed E-state index contributed by atoms with van der Waals surface area (Å²) in [6, 6.07) is 4.32. The Bertz CT molecular complexity index is 802. The molecule has 2 N–H and O–H groups in total. The van der Waals surface area contributed by atoms with Crippen LogP contribution >= 0.6 is 0 Å². The molecule has 1 aromatic heterocycles. The first-order chi connectivity index (χ1) is 9.02. The van der Waals surface area contributed by atoms with Gasteiger partial charge in [0.2, 0.25) is 0 Å². The van der Waals surface area contributed by atoms with Gasteiger partial charge < -0.3 is 10.1 Å². The van der Waals surface area contributed by atoms with Crippen molar-refractivity contribution in [3.05, 3.63) is 62.6 Å². The van der Waals surface area contributed by atoms with Gasteiger partial charge in [-0.2, -0.15) is 0 Å². The minimum absolute atomic E-state index is 0.00792. The minimum Gasteiger partial charge on any atom is -0.507 e. The average Bonchev–Trinajstić information content (AvgIpc) is 2.39. The van der Waals surface area contributed by atoms with Gasteiger partial charge >= 0.3 is 0 Å². The van der Waals surface area contributed by atoms with Crippen LogP contribution in [0.4, 0.5) is 0 Å². The molecule has 0 atom stereocenters. The van der Waals surface area contributed by atoms with Crippen molar-refractivity contribution in [3.8, 4) is 5.75 Å². The zero-order chi connectivity index (χ0) is 13.7. The molecule has 0 saturated carbocycles. The molecule has 1 aromatic carbocycles. The number of phenolic OH excluding ortho intramolecular Hbond substituents is 1. The van der Waals surface area contributed by atoms with Crippen LogP contribution in [0.15, 0.2) is 29.2 Å². The van der Waals surface area contributed by atoms with Crippen LogP contribution in [-0.4, -0.2) is 21.7 Å². The second-order valence-corrected chi connectivity index (χ2v) is 4.39. The third-order valence-corrected chi connectivity index (χ3v) is 3.32. The summed E-state index contributed by atoms with van der Waals surface area (Å²) >= 11 is 0. The van der Waals surface area contributed by atoms with E-state index in [2.05, 4.69) is 4.98 Å². The molecule has 0 radical (unpaired) electrons. The van der Waals surface area contributed by atoms with E-state index in [-0.39, 0.29) is 33.6 Å². The number of aromatic hydroxyl groups is 1. The molecule has 5 nitrogen and oxygen atoms in total. The summed E-state index contributed by atoms with van der Waals surface area (Å²) in [5.74, 6) is -1.10. The van der Waals surface area contributed by atoms with E-state index in [0.717, 1.165) is 0 Å². The van der Waals surface area contributed by atoms with Crippen LogP contribution in [0, 0.1) is 6.92 Å². The van der Waals surface area contributed by atoms with E-state index in [1.807, 2.05) is 0 Å². The molecule has 1 aliphatic rings. The Morgan fingerprint density at radius 1 is 1.00 bits per heavy atom. The van der Waals surface area contributed by atoms with Crippen molar-refractivity contribution in [2.45, 2.75) is 6.92 Å². The number of phenols is 1. The fraction of sp³-hybridized carbons (Fsp3) is 0.0714. The van der Waals surface area contributed by atoms with Gasteiger partial charge in [0.15, 0.2) is 11.6 Å². The van der Waals surface area contributed by atoms with E-state index in [0.29, 0.717) is 0 Å². The number of hydrogen-bond donors (Lipinski definition) is 2. The van der Waals surface area contributed by atoms with Crippen molar-refractivity contribution in [3.63, 3.8) is 0 Å². The molecule has 0 spiro atoms. The van der Waals surface area contributed by atoms with Crippen molar-refractivity contribution in [2.75, 3.05) is 0 Å². The molecule has 0 bridgehead atoms. The predicted molar refractivity (Wildman–Crippen MR) is 66.8 cm³/mol. The largest absolute Gasteiger partial charge is 0.507 e. The van der Waals surface area contributed by atoms with E-state index < -0.39 is 17.1 Å². The number of hydrogen-bond acceptors (Lipinski definition) is 4. The van der Waals surface area contributed by atoms with Gasteiger partial charge in [-0.15, -0.1) is 0 Å². The van der Waals surface area contributed by atoms with E-state index in [1.54, 1.807) is 0 Å². The number of rotatable bonds is 0. The second-order valence-electron chi connectivity index (χ2n) is 4.39. The molecule has 5 heteroatoms. The van der Waals surface area contributed by atoms with Crippen LogP contribution in [0.25, 0.3) is 0 Å². The standard InChI is InChI=1S/C14H9NO4/c1-6-10-8(5-15-14(6)19)13(18)11-7(12(10)17)3-2-4-9(11)16/h2-5,16H,1H3,(H,15,19). The summed E-state index contributed by atoms with van der Waals surface area (Å²) in [5.41, 5.74) is 0.175. The van der Waals surface area contributed by atoms with Crippen molar-refractivity contribution >= 4 is 11.6 Å². The zero-order valence-electron chi connectivity index (χ0n) is 9.98. The number of carbonyl (C=O) groups is 2. The topological polar surface area (TPSA) is 87.2 Å². The third-order valence-electron chi connectivity index (χ3n) is 3.32. The summed E-state index contributed by atoms with van der Waals surface area (Å²) in [5, 5.41) is 9.75. The van der Waals surface area contributed by atoms with Crippen molar-refractivity contribution in [1.82, 2.24) is 4.98 Å². The number of H-pyrrole nitrogens is 1. The van der Waals surface area contributed by atoms with E-state index in [9.17, 15) is 19.5 Å². The monoisotopic (exact) mass is 255 g/mol. The van der Waals surface area contributed by atoms with Crippen molar-refractivity contribution < 1.29 is 14.7 Å². The Hall–Kier alpha value is -2.69. The molecule has 0 unspecified atom stereocenters. The van der Waals surface area contributed by atoms with Gasteiger partial charge in [-0.3, -0.25) is 14.4 Å². The van der Waals surface area contributed by atoms with Gasteiger partial charge in [-0.05, 0) is 13.0 Å². The van der Waals surface area contributed by atoms with Crippen LogP contribution in [0.2, 0.25) is 0 Å². The first-order valence-corrected chi connectivity index (χ1v) is 5.66. The van der Waals surface area contributed by atoms with E-state index in [4.69, 9.17) is 0 Å². The van der Waals surface area contributed by atoms with Gasteiger partial charge in [0, 0.05) is 22.9 Å². The summed E-state index contributed by atoms with van der Waals surface area (Å²) in [4.78, 5) is 38.6. The maximum Gasteiger partial charge on any atom is 0.251 e. The Kier molecular flexibility index (Phi) is 2.19. The maximum absolute atomic E-state index is 12.4. The Labute approximate surface area is 107 Å². The number of pyridine rings is 1. The van der Waals surface area contributed by atoms with Gasteiger partial charge in [-0.1, -0.05) is 12.1 Å². The first kappa shape index (κ1) is 11.4. The lowest BCUT2D eigenvalue weighted by Gasteiger charge is -2.18. The Balaban J connectivity index is 2.43. The van der Waals surface area contributed by atoms with Crippen LogP contribution in [0.5, 0.6) is 5.75 Å². The fourth-order valence-corrected chi connectivity index (χ4v) is 2.34. The van der Waals surface area contributed by atoms with E-state index >= 15 is 0 Å². The molecule has 0 fully saturated rings. The first-order valence-electron chi connectivity index (χ1n) is 5.66. The lowest BCUT2D eigenvalue weighted by Crippen LogP contribution is -2.26. The number of nitrogens with one attached hydrogen (secondary N) is 1. The van der Waals surface area contributed by atoms with Crippen LogP contribution in [0.1, 0.15) is 37.4 Å². The normalized spacial score (nSPS) is 13.1. The van der Waals surface area contributed by atoms with Crippen molar-refractivity contribution in [1.29, 1.82) is 0 Å². The molecule has 0 amide bonds. The summed E-state index contributed by atoms with van der Waals surface area (Å²) in [6.45, 7) is 1.50. The smallest absolute Gasteiger partial charge is 0.251 e. The highest BCUT2D eigenvalue weighted by molar-refractivity contribution is 6.29. The molecule has 0 aliphatic heterocycles. The predicted octanol–water partition coefficient (Wildman–Crippen LogP) is 1.16. The lowest BCUT2D eigenvalue weighted by molar-refractivity contribution is 0.0975. The average molecular weight is 255 g/mol. The van der Waals surface area contributed by atoms with Crippen LogP contribution < -0.4 is 5.56 Å². The molecule has 3 rings (SSSR count). The maximum atomic E-state index is 12.4. The molecular weight excluding hydrogens is 246 g/mol. The minimum atomic E-state index is -0.456. The van der Waals surface area contributed by atoms with Crippen molar-refractivity contribution in [2.24, 2.45) is 0 Å². The highest BCUT2D eigenvalue weighted by Crippen LogP contribution is 2.32. The molecule has 1 aliphatic carbocycles.